The van der Waals surface area contributed by atoms with Gasteiger partial charge in [0.15, 0.2) is 0 Å². The third-order valence-corrected chi connectivity index (χ3v) is 4.04. The van der Waals surface area contributed by atoms with E-state index in [2.05, 4.69) is 21.4 Å². The van der Waals surface area contributed by atoms with Crippen molar-refractivity contribution in [1.29, 1.82) is 0 Å². The van der Waals surface area contributed by atoms with E-state index in [4.69, 9.17) is 10.6 Å². The molecule has 3 N–H and O–H groups in total. The lowest BCUT2D eigenvalue weighted by Crippen LogP contribution is -2.53. The van der Waals surface area contributed by atoms with Gasteiger partial charge >= 0.3 is 0 Å². The molecule has 18 heavy (non-hydrogen) atoms. The van der Waals surface area contributed by atoms with Crippen LogP contribution in [-0.4, -0.2) is 18.8 Å². The molecule has 0 saturated carbocycles. The Balaban J connectivity index is 2.92. The molecule has 0 heterocycles. The number of hydrazine groups is 1. The summed E-state index contributed by atoms with van der Waals surface area (Å²) in [5, 5.41) is 0. The van der Waals surface area contributed by atoms with Gasteiger partial charge in [-0.05, 0) is 37.5 Å². The third-order valence-electron chi connectivity index (χ3n) is 3.55. The molecule has 0 radical (unpaired) electrons. The molecule has 0 saturated heterocycles. The Bertz CT molecular complexity index is 397. The van der Waals surface area contributed by atoms with Gasteiger partial charge in [-0.15, -0.1) is 0 Å². The highest BCUT2D eigenvalue weighted by Gasteiger charge is 2.32. The molecule has 0 bridgehead atoms. The number of halogens is 2. The number of methoxy groups -OCH3 is 1. The number of nitrogens with one attached hydrogen (secondary N) is 1. The van der Waals surface area contributed by atoms with Gasteiger partial charge in [-0.3, -0.25) is 11.3 Å². The highest BCUT2D eigenvalue weighted by molar-refractivity contribution is 9.10. The van der Waals surface area contributed by atoms with Gasteiger partial charge in [-0.2, -0.15) is 0 Å². The number of nitrogens with two attached hydrogens (primary N) is 1. The summed E-state index contributed by atoms with van der Waals surface area (Å²) < 4.78 is 20.0. The predicted octanol–water partition coefficient (Wildman–Crippen LogP) is 2.78. The van der Waals surface area contributed by atoms with E-state index in [0.717, 1.165) is 10.9 Å². The molecule has 0 amide bonds. The van der Waals surface area contributed by atoms with Gasteiger partial charge in [-0.1, -0.05) is 28.9 Å². The summed E-state index contributed by atoms with van der Waals surface area (Å²) in [5.74, 6) is 5.34. The maximum absolute atomic E-state index is 13.8. The van der Waals surface area contributed by atoms with Crippen molar-refractivity contribution in [2.24, 2.45) is 5.84 Å². The Morgan fingerprint density at radius 2 is 2.22 bits per heavy atom. The van der Waals surface area contributed by atoms with E-state index in [-0.39, 0.29) is 11.9 Å². The lowest BCUT2D eigenvalue weighted by Gasteiger charge is -2.35. The van der Waals surface area contributed by atoms with Crippen LogP contribution in [-0.2, 0) is 11.2 Å². The average molecular weight is 319 g/mol. The second-order valence-electron chi connectivity index (χ2n) is 4.53. The molecule has 1 rings (SSSR count). The molecule has 2 atom stereocenters. The second-order valence-corrected chi connectivity index (χ2v) is 5.45. The minimum atomic E-state index is -0.422. The molecule has 1 aromatic carbocycles. The molecule has 5 heteroatoms. The molecule has 102 valence electrons. The Labute approximate surface area is 116 Å². The van der Waals surface area contributed by atoms with E-state index in [1.807, 2.05) is 19.9 Å². The molecule has 3 nitrogen and oxygen atoms in total. The number of benzene rings is 1. The zero-order chi connectivity index (χ0) is 13.8. The summed E-state index contributed by atoms with van der Waals surface area (Å²) in [6.07, 6.45) is 1.27. The minimum absolute atomic E-state index is 0.150. The van der Waals surface area contributed by atoms with E-state index in [1.165, 1.54) is 6.07 Å². The molecule has 0 spiro atoms. The maximum atomic E-state index is 13.8. The zero-order valence-corrected chi connectivity index (χ0v) is 12.6. The van der Waals surface area contributed by atoms with Gasteiger partial charge in [0.2, 0.25) is 0 Å². The summed E-state index contributed by atoms with van der Waals surface area (Å²) in [7, 11) is 1.64. The van der Waals surface area contributed by atoms with Crippen molar-refractivity contribution in [3.8, 4) is 0 Å². The van der Waals surface area contributed by atoms with E-state index in [1.54, 1.807) is 13.2 Å². The standard InChI is InChI=1S/C13H20BrFN2O/c1-4-13(2,18-3)12(17-16)7-9-5-6-10(14)8-11(9)15/h5-6,8,12,17H,4,7,16H2,1-3H3. The first-order valence-electron chi connectivity index (χ1n) is 5.92. The van der Waals surface area contributed by atoms with Crippen molar-refractivity contribution in [3.63, 3.8) is 0 Å². The molecular formula is C13H20BrFN2O. The topological polar surface area (TPSA) is 47.3 Å². The van der Waals surface area contributed by atoms with Gasteiger partial charge in [0, 0.05) is 11.6 Å². The highest BCUT2D eigenvalue weighted by atomic mass is 79.9. The molecular weight excluding hydrogens is 299 g/mol. The summed E-state index contributed by atoms with van der Waals surface area (Å²) >= 11 is 3.24. The van der Waals surface area contributed by atoms with Crippen molar-refractivity contribution in [2.45, 2.75) is 38.3 Å². The quantitative estimate of drug-likeness (QED) is 0.626. The molecule has 0 fully saturated rings. The van der Waals surface area contributed by atoms with Crippen LogP contribution in [0.15, 0.2) is 22.7 Å². The van der Waals surface area contributed by atoms with Crippen molar-refractivity contribution < 1.29 is 9.13 Å². The molecule has 0 aliphatic heterocycles. The molecule has 0 aliphatic carbocycles. The summed E-state index contributed by atoms with van der Waals surface area (Å²) in [4.78, 5) is 0. The van der Waals surface area contributed by atoms with Crippen molar-refractivity contribution in [1.82, 2.24) is 5.43 Å². The fourth-order valence-electron chi connectivity index (χ4n) is 1.89. The smallest absolute Gasteiger partial charge is 0.127 e. The minimum Gasteiger partial charge on any atom is -0.377 e. The van der Waals surface area contributed by atoms with Crippen LogP contribution < -0.4 is 11.3 Å². The van der Waals surface area contributed by atoms with E-state index >= 15 is 0 Å². The number of hydrogen-bond donors (Lipinski definition) is 2. The third kappa shape index (κ3) is 3.51. The van der Waals surface area contributed by atoms with E-state index in [0.29, 0.717) is 12.0 Å². The SMILES string of the molecule is CCC(C)(OC)C(Cc1ccc(Br)cc1F)NN. The highest BCUT2D eigenvalue weighted by Crippen LogP contribution is 2.24. The fraction of sp³-hybridized carbons (Fsp3) is 0.538. The van der Waals surface area contributed by atoms with Crippen LogP contribution in [0.3, 0.4) is 0 Å². The van der Waals surface area contributed by atoms with Crippen LogP contribution >= 0.6 is 15.9 Å². The lowest BCUT2D eigenvalue weighted by molar-refractivity contribution is -0.0289. The van der Waals surface area contributed by atoms with Gasteiger partial charge in [0.1, 0.15) is 5.82 Å². The molecule has 0 aromatic heterocycles. The molecule has 2 unspecified atom stereocenters. The summed E-state index contributed by atoms with van der Waals surface area (Å²) in [6.45, 7) is 3.99. The predicted molar refractivity (Wildman–Crippen MR) is 74.6 cm³/mol. The Hall–Kier alpha value is -0.490. The van der Waals surface area contributed by atoms with Crippen molar-refractivity contribution >= 4 is 15.9 Å². The molecule has 1 aromatic rings. The zero-order valence-electron chi connectivity index (χ0n) is 11.0. The van der Waals surface area contributed by atoms with Gasteiger partial charge < -0.3 is 4.74 Å². The van der Waals surface area contributed by atoms with Crippen LogP contribution in [0.1, 0.15) is 25.8 Å². The Morgan fingerprint density at radius 3 is 2.67 bits per heavy atom. The summed E-state index contributed by atoms with van der Waals surface area (Å²) in [6, 6.07) is 4.89. The van der Waals surface area contributed by atoms with Crippen LogP contribution in [0, 0.1) is 5.82 Å². The van der Waals surface area contributed by atoms with Gasteiger partial charge in [-0.25, -0.2) is 4.39 Å². The average Bonchev–Trinajstić information content (AvgIpc) is 2.37. The first-order valence-corrected chi connectivity index (χ1v) is 6.71. The Kier molecular flexibility index (Phi) is 5.72. The monoisotopic (exact) mass is 318 g/mol. The summed E-state index contributed by atoms with van der Waals surface area (Å²) in [5.41, 5.74) is 2.93. The van der Waals surface area contributed by atoms with Crippen molar-refractivity contribution in [2.75, 3.05) is 7.11 Å². The first-order chi connectivity index (χ1) is 8.46. The van der Waals surface area contributed by atoms with Crippen LogP contribution in [0.4, 0.5) is 4.39 Å². The fourth-order valence-corrected chi connectivity index (χ4v) is 2.22. The van der Waals surface area contributed by atoms with Gasteiger partial charge in [0.25, 0.3) is 0 Å². The van der Waals surface area contributed by atoms with E-state index < -0.39 is 5.60 Å². The maximum Gasteiger partial charge on any atom is 0.127 e. The lowest BCUT2D eigenvalue weighted by atomic mass is 9.88. The number of hydrogen-bond acceptors (Lipinski definition) is 3. The second kappa shape index (κ2) is 6.61. The van der Waals surface area contributed by atoms with Crippen LogP contribution in [0.25, 0.3) is 0 Å². The van der Waals surface area contributed by atoms with Crippen LogP contribution in [0.2, 0.25) is 0 Å². The van der Waals surface area contributed by atoms with Crippen LogP contribution in [0.5, 0.6) is 0 Å². The first kappa shape index (κ1) is 15.6. The number of ether oxygens (including phenoxy) is 1. The number of rotatable bonds is 6. The largest absolute Gasteiger partial charge is 0.377 e. The normalized spacial score (nSPS) is 16.3. The van der Waals surface area contributed by atoms with Crippen molar-refractivity contribution in [3.05, 3.63) is 34.1 Å². The van der Waals surface area contributed by atoms with Gasteiger partial charge in [0.05, 0.1) is 11.6 Å². The van der Waals surface area contributed by atoms with E-state index in [9.17, 15) is 4.39 Å². The molecule has 0 aliphatic rings. The Morgan fingerprint density at radius 1 is 1.56 bits per heavy atom.